The molecular weight excluding hydrogens is 467 g/mol. The van der Waals surface area contributed by atoms with Gasteiger partial charge in [-0.25, -0.2) is 9.18 Å². The Bertz CT molecular complexity index is 1140. The molecule has 0 radical (unpaired) electrons. The van der Waals surface area contributed by atoms with Crippen LogP contribution < -0.4 is 5.69 Å². The van der Waals surface area contributed by atoms with E-state index >= 15 is 0 Å². The Morgan fingerprint density at radius 3 is 2.48 bits per heavy atom. The van der Waals surface area contributed by atoms with Gasteiger partial charge in [0.15, 0.2) is 17.4 Å². The first kappa shape index (κ1) is 25.9. The molecule has 14 heteroatoms. The van der Waals surface area contributed by atoms with Crippen LogP contribution in [0.4, 0.5) is 8.78 Å². The standard InChI is InChI=1S/C19H28F2N3O8P/c1-5-18(3,32-33(29,30)19(4,28)6-2)7-10-12(25)13(26)16(31-10)24-8-9-11(20)14(21)22-15(9)23-17(24)27/h8,10,12-13,16,25-26,28H,5-7H2,1-4H3,(H,29,30)(H,22,23,27)/t10-,12?,13+,16-,18?,19?/m1/s1. The van der Waals surface area contributed by atoms with Gasteiger partial charge in [0.25, 0.3) is 0 Å². The van der Waals surface area contributed by atoms with Crippen LogP contribution in [0.25, 0.3) is 11.0 Å². The second-order valence-corrected chi connectivity index (χ2v) is 10.9. The average Bonchev–Trinajstić information content (AvgIpc) is 3.16. The zero-order chi connectivity index (χ0) is 24.9. The summed E-state index contributed by atoms with van der Waals surface area (Å²) < 4.78 is 51.9. The number of halogens is 2. The largest absolute Gasteiger partial charge is 0.388 e. The number of aliphatic hydroxyl groups is 3. The first-order chi connectivity index (χ1) is 15.2. The lowest BCUT2D eigenvalue weighted by atomic mass is 9.93. The number of ether oxygens (including phenoxy) is 1. The Balaban J connectivity index is 1.88. The van der Waals surface area contributed by atoms with E-state index in [1.807, 2.05) is 4.98 Å². The highest BCUT2D eigenvalue weighted by Crippen LogP contribution is 2.59. The molecular formula is C19H28F2N3O8P. The number of nitrogens with zero attached hydrogens (tertiary/aromatic N) is 2. The maximum atomic E-state index is 14.0. The van der Waals surface area contributed by atoms with Crippen LogP contribution in [0.15, 0.2) is 11.0 Å². The smallest absolute Gasteiger partial charge is 0.359 e. The van der Waals surface area contributed by atoms with Gasteiger partial charge in [-0.3, -0.25) is 9.13 Å². The maximum Gasteiger partial charge on any atom is 0.359 e. The highest BCUT2D eigenvalue weighted by atomic mass is 31.2. The molecule has 0 bridgehead atoms. The van der Waals surface area contributed by atoms with Gasteiger partial charge in [0, 0.05) is 12.6 Å². The number of rotatable bonds is 8. The molecule has 3 rings (SSSR count). The van der Waals surface area contributed by atoms with Crippen molar-refractivity contribution in [1.29, 1.82) is 0 Å². The minimum Gasteiger partial charge on any atom is -0.388 e. The Morgan fingerprint density at radius 1 is 1.27 bits per heavy atom. The third-order valence-corrected chi connectivity index (χ3v) is 8.45. The molecule has 1 fully saturated rings. The molecule has 0 amide bonds. The minimum atomic E-state index is -4.53. The number of hydrogen-bond acceptors (Lipinski definition) is 8. The zero-order valence-electron chi connectivity index (χ0n) is 18.5. The topological polar surface area (TPSA) is 167 Å². The van der Waals surface area contributed by atoms with E-state index in [-0.39, 0.29) is 30.3 Å². The van der Waals surface area contributed by atoms with Crippen LogP contribution in [0.3, 0.4) is 0 Å². The predicted octanol–water partition coefficient (Wildman–Crippen LogP) is 1.50. The highest BCUT2D eigenvalue weighted by molar-refractivity contribution is 7.54. The molecule has 1 aliphatic heterocycles. The summed E-state index contributed by atoms with van der Waals surface area (Å²) in [6.07, 6.45) is -5.03. The molecule has 7 atom stereocenters. The Morgan fingerprint density at radius 2 is 1.91 bits per heavy atom. The quantitative estimate of drug-likeness (QED) is 0.341. The molecule has 186 valence electrons. The van der Waals surface area contributed by atoms with Crippen molar-refractivity contribution in [3.05, 3.63) is 28.4 Å². The maximum absolute atomic E-state index is 14.0. The van der Waals surface area contributed by atoms with Gasteiger partial charge in [-0.15, -0.1) is 0 Å². The fraction of sp³-hybridized carbons (Fsp3) is 0.684. The summed E-state index contributed by atoms with van der Waals surface area (Å²) in [5, 5.41) is 28.9. The van der Waals surface area contributed by atoms with Gasteiger partial charge in [0.1, 0.15) is 17.9 Å². The summed E-state index contributed by atoms with van der Waals surface area (Å²) >= 11 is 0. The van der Waals surface area contributed by atoms with Gasteiger partial charge in [0.2, 0.25) is 5.95 Å². The molecule has 1 saturated heterocycles. The molecule has 2 aromatic heterocycles. The van der Waals surface area contributed by atoms with Gasteiger partial charge in [0.05, 0.1) is 17.1 Å². The van der Waals surface area contributed by atoms with Crippen molar-refractivity contribution in [2.45, 2.75) is 82.4 Å². The van der Waals surface area contributed by atoms with Crippen molar-refractivity contribution < 1.29 is 42.8 Å². The first-order valence-corrected chi connectivity index (χ1v) is 12.0. The average molecular weight is 495 g/mol. The summed E-state index contributed by atoms with van der Waals surface area (Å²) in [4.78, 5) is 28.2. The Labute approximate surface area is 187 Å². The summed E-state index contributed by atoms with van der Waals surface area (Å²) in [5.74, 6) is -2.59. The fourth-order valence-corrected chi connectivity index (χ4v) is 4.98. The van der Waals surface area contributed by atoms with Crippen LogP contribution in [0.2, 0.25) is 0 Å². The molecule has 33 heavy (non-hydrogen) atoms. The van der Waals surface area contributed by atoms with E-state index in [4.69, 9.17) is 9.26 Å². The SMILES string of the molecule is CCC(C)(C[C@H]1O[C@@H](n2cc3c(F)c(F)[nH]c3nc2=O)[C@@H](O)C1O)OP(=O)(O)C(C)(O)CC. The van der Waals surface area contributed by atoms with Crippen LogP contribution >= 0.6 is 7.60 Å². The van der Waals surface area contributed by atoms with Crippen LogP contribution in [-0.2, 0) is 13.8 Å². The number of nitrogens with one attached hydrogen (secondary N) is 1. The molecule has 2 aromatic rings. The summed E-state index contributed by atoms with van der Waals surface area (Å²) in [5.41, 5.74) is -2.69. The second kappa shape index (κ2) is 8.81. The Hall–Kier alpha value is -1.73. The minimum absolute atomic E-state index is 0.0569. The number of H-pyrrole nitrogens is 1. The third-order valence-electron chi connectivity index (χ3n) is 6.22. The van der Waals surface area contributed by atoms with Crippen molar-refractivity contribution in [2.24, 2.45) is 0 Å². The summed E-state index contributed by atoms with van der Waals surface area (Å²) in [6.45, 7) is 5.82. The van der Waals surface area contributed by atoms with Crippen molar-refractivity contribution in [3.8, 4) is 0 Å². The van der Waals surface area contributed by atoms with Gasteiger partial charge >= 0.3 is 13.3 Å². The van der Waals surface area contributed by atoms with Crippen molar-refractivity contribution in [2.75, 3.05) is 0 Å². The molecule has 0 saturated carbocycles. The molecule has 0 spiro atoms. The predicted molar refractivity (Wildman–Crippen MR) is 111 cm³/mol. The van der Waals surface area contributed by atoms with Gasteiger partial charge in [-0.05, 0) is 26.7 Å². The van der Waals surface area contributed by atoms with E-state index in [9.17, 15) is 38.4 Å². The fourth-order valence-electron chi connectivity index (χ4n) is 3.58. The van der Waals surface area contributed by atoms with Crippen molar-refractivity contribution in [1.82, 2.24) is 14.5 Å². The molecule has 5 N–H and O–H groups in total. The summed E-state index contributed by atoms with van der Waals surface area (Å²) in [7, 11) is -4.53. The van der Waals surface area contributed by atoms with Crippen LogP contribution in [-0.4, -0.2) is 64.0 Å². The van der Waals surface area contributed by atoms with E-state index in [0.29, 0.717) is 0 Å². The van der Waals surface area contributed by atoms with Crippen molar-refractivity contribution >= 4 is 18.6 Å². The van der Waals surface area contributed by atoms with Gasteiger partial charge < -0.3 is 34.5 Å². The number of aromatic amines is 1. The van der Waals surface area contributed by atoms with Gasteiger partial charge in [-0.2, -0.15) is 9.37 Å². The lowest BCUT2D eigenvalue weighted by Crippen LogP contribution is -2.40. The monoisotopic (exact) mass is 495 g/mol. The number of aliphatic hydroxyl groups excluding tert-OH is 2. The van der Waals surface area contributed by atoms with Crippen LogP contribution in [0.1, 0.15) is 53.2 Å². The van der Waals surface area contributed by atoms with E-state index in [1.54, 1.807) is 6.92 Å². The highest BCUT2D eigenvalue weighted by Gasteiger charge is 2.50. The van der Waals surface area contributed by atoms with E-state index in [1.165, 1.54) is 20.8 Å². The lowest BCUT2D eigenvalue weighted by molar-refractivity contribution is -0.0712. The van der Waals surface area contributed by atoms with Crippen molar-refractivity contribution in [3.63, 3.8) is 0 Å². The van der Waals surface area contributed by atoms with E-state index in [0.717, 1.165) is 10.8 Å². The van der Waals surface area contributed by atoms with E-state index < -0.39 is 60.5 Å². The third kappa shape index (κ3) is 4.63. The number of aromatic nitrogens is 3. The molecule has 3 heterocycles. The van der Waals surface area contributed by atoms with E-state index in [2.05, 4.69) is 4.98 Å². The van der Waals surface area contributed by atoms with Gasteiger partial charge in [-0.1, -0.05) is 13.8 Å². The number of hydrogen-bond donors (Lipinski definition) is 5. The molecule has 0 aliphatic carbocycles. The first-order valence-electron chi connectivity index (χ1n) is 10.4. The molecule has 11 nitrogen and oxygen atoms in total. The lowest BCUT2D eigenvalue weighted by Gasteiger charge is -2.37. The summed E-state index contributed by atoms with van der Waals surface area (Å²) in [6, 6.07) is 0. The normalized spacial score (nSPS) is 29.0. The number of fused-ring (bicyclic) bond motifs is 1. The zero-order valence-corrected chi connectivity index (χ0v) is 19.4. The van der Waals surface area contributed by atoms with Crippen LogP contribution in [0.5, 0.6) is 0 Å². The molecule has 4 unspecified atom stereocenters. The Kier molecular flexibility index (Phi) is 6.91. The van der Waals surface area contributed by atoms with Crippen LogP contribution in [0, 0.1) is 11.8 Å². The second-order valence-electron chi connectivity index (χ2n) is 8.68. The molecule has 1 aliphatic rings. The molecule has 0 aromatic carbocycles.